The van der Waals surface area contributed by atoms with Gasteiger partial charge >= 0.3 is 0 Å². The summed E-state index contributed by atoms with van der Waals surface area (Å²) >= 11 is 0. The van der Waals surface area contributed by atoms with Crippen molar-refractivity contribution in [3.63, 3.8) is 0 Å². The molecule has 0 aromatic heterocycles. The molecule has 4 aliphatic carbocycles. The number of amides is 1. The van der Waals surface area contributed by atoms with E-state index >= 15 is 0 Å². The van der Waals surface area contributed by atoms with Gasteiger partial charge in [-0.1, -0.05) is 0 Å². The van der Waals surface area contributed by atoms with Gasteiger partial charge < -0.3 is 15.1 Å². The number of likely N-dealkylation sites (tertiary alicyclic amines) is 1. The average Bonchev–Trinajstić information content (AvgIpc) is 2.68. The number of carbonyl (C=O) groups is 1. The zero-order valence-electron chi connectivity index (χ0n) is 11.2. The van der Waals surface area contributed by atoms with Crippen molar-refractivity contribution in [2.24, 2.45) is 29.6 Å². The van der Waals surface area contributed by atoms with E-state index < -0.39 is 12.2 Å². The lowest BCUT2D eigenvalue weighted by Gasteiger charge is -2.54. The lowest BCUT2D eigenvalue weighted by Crippen LogP contribution is -2.51. The zero-order valence-corrected chi connectivity index (χ0v) is 11.2. The number of aliphatic hydroxyl groups excluding tert-OH is 2. The largest absolute Gasteiger partial charge is 0.388 e. The average molecular weight is 265 g/mol. The highest BCUT2D eigenvalue weighted by Crippen LogP contribution is 2.56. The Hall–Kier alpha value is -0.610. The molecule has 4 bridgehead atoms. The number of nitrogens with zero attached hydrogens (tertiary/aromatic N) is 1. The van der Waals surface area contributed by atoms with Crippen molar-refractivity contribution in [1.82, 2.24) is 4.90 Å². The molecule has 0 radical (unpaired) electrons. The van der Waals surface area contributed by atoms with Gasteiger partial charge in [0.25, 0.3) is 0 Å². The molecule has 5 fully saturated rings. The Morgan fingerprint density at radius 2 is 1.32 bits per heavy atom. The zero-order chi connectivity index (χ0) is 13.1. The number of β-amino-alcohol motifs (C(OH)–C–C–N with tert-alkyl or cyclic N) is 2. The summed E-state index contributed by atoms with van der Waals surface area (Å²) in [5, 5.41) is 19.2. The van der Waals surface area contributed by atoms with Gasteiger partial charge in [0.15, 0.2) is 0 Å². The lowest BCUT2D eigenvalue weighted by molar-refractivity contribution is -0.148. The number of hydrogen-bond acceptors (Lipinski definition) is 3. The van der Waals surface area contributed by atoms with Crippen LogP contribution in [0.15, 0.2) is 0 Å². The van der Waals surface area contributed by atoms with E-state index in [1.807, 2.05) is 0 Å². The van der Waals surface area contributed by atoms with Gasteiger partial charge in [0, 0.05) is 19.0 Å². The van der Waals surface area contributed by atoms with Gasteiger partial charge in [-0.05, 0) is 55.8 Å². The van der Waals surface area contributed by atoms with E-state index in [4.69, 9.17) is 0 Å². The van der Waals surface area contributed by atoms with Crippen molar-refractivity contribution < 1.29 is 15.0 Å². The monoisotopic (exact) mass is 265 g/mol. The van der Waals surface area contributed by atoms with E-state index in [0.717, 1.165) is 11.8 Å². The van der Waals surface area contributed by atoms with Crippen LogP contribution in [0.5, 0.6) is 0 Å². The first-order valence-electron chi connectivity index (χ1n) is 7.76. The van der Waals surface area contributed by atoms with Crippen LogP contribution in [-0.4, -0.2) is 46.3 Å². The molecule has 1 aliphatic heterocycles. The Bertz CT molecular complexity index is 359. The van der Waals surface area contributed by atoms with Gasteiger partial charge in [0.1, 0.15) is 0 Å². The van der Waals surface area contributed by atoms with Crippen molar-refractivity contribution in [2.45, 2.75) is 44.3 Å². The Balaban J connectivity index is 1.52. The van der Waals surface area contributed by atoms with Crippen LogP contribution in [0, 0.1) is 29.6 Å². The van der Waals surface area contributed by atoms with Gasteiger partial charge in [0.2, 0.25) is 5.91 Å². The molecule has 2 N–H and O–H groups in total. The maximum absolute atomic E-state index is 12.7. The molecule has 2 atom stereocenters. The van der Waals surface area contributed by atoms with E-state index in [9.17, 15) is 15.0 Å². The normalized spacial score (nSPS) is 51.9. The fourth-order valence-corrected chi connectivity index (χ4v) is 5.49. The molecule has 0 spiro atoms. The van der Waals surface area contributed by atoms with Crippen molar-refractivity contribution in [3.05, 3.63) is 0 Å². The van der Waals surface area contributed by atoms with Gasteiger partial charge in [-0.15, -0.1) is 0 Å². The minimum atomic E-state index is -0.749. The molecule has 5 aliphatic rings. The molecule has 1 amide bonds. The number of carbonyl (C=O) groups excluding carboxylic acids is 1. The van der Waals surface area contributed by atoms with E-state index in [0.29, 0.717) is 24.9 Å². The fraction of sp³-hybridized carbons (Fsp3) is 0.933. The standard InChI is InChI=1S/C15H23NO3/c17-12-6-16(7-13(12)18)15(19)14-10-2-8-1-9(4-10)5-11(14)3-8/h8-14,17-18H,1-7H2. The highest BCUT2D eigenvalue weighted by atomic mass is 16.3. The SMILES string of the molecule is O=C(C1C2CC3CC(C2)CC1C3)N1CC(O)C(O)C1. The topological polar surface area (TPSA) is 60.8 Å². The van der Waals surface area contributed by atoms with Gasteiger partial charge in [0.05, 0.1) is 12.2 Å². The third-order valence-corrected chi connectivity index (χ3v) is 6.08. The number of hydrogen-bond donors (Lipinski definition) is 2. The molecule has 4 saturated carbocycles. The molecule has 4 nitrogen and oxygen atoms in total. The highest BCUT2D eigenvalue weighted by molar-refractivity contribution is 5.80. The van der Waals surface area contributed by atoms with Crippen molar-refractivity contribution >= 4 is 5.91 Å². The highest BCUT2D eigenvalue weighted by Gasteiger charge is 2.52. The molecular formula is C15H23NO3. The van der Waals surface area contributed by atoms with E-state index in [-0.39, 0.29) is 11.8 Å². The molecular weight excluding hydrogens is 242 g/mol. The Kier molecular flexibility index (Phi) is 2.68. The molecule has 5 rings (SSSR count). The molecule has 19 heavy (non-hydrogen) atoms. The fourth-order valence-electron chi connectivity index (χ4n) is 5.49. The van der Waals surface area contributed by atoms with Gasteiger partial charge in [-0.25, -0.2) is 0 Å². The second kappa shape index (κ2) is 4.19. The maximum Gasteiger partial charge on any atom is 0.226 e. The first-order valence-corrected chi connectivity index (χ1v) is 7.76. The Morgan fingerprint density at radius 1 is 0.842 bits per heavy atom. The first-order chi connectivity index (χ1) is 9.11. The quantitative estimate of drug-likeness (QED) is 0.731. The van der Waals surface area contributed by atoms with Crippen molar-refractivity contribution in [2.75, 3.05) is 13.1 Å². The second-order valence-corrected chi connectivity index (χ2v) is 7.33. The summed E-state index contributed by atoms with van der Waals surface area (Å²) in [6.07, 6.45) is 4.85. The summed E-state index contributed by atoms with van der Waals surface area (Å²) in [6.45, 7) is 0.644. The van der Waals surface area contributed by atoms with E-state index in [1.54, 1.807) is 4.90 Å². The molecule has 4 heteroatoms. The maximum atomic E-state index is 12.7. The third-order valence-electron chi connectivity index (χ3n) is 6.08. The second-order valence-electron chi connectivity index (χ2n) is 7.33. The van der Waals surface area contributed by atoms with Crippen LogP contribution in [-0.2, 0) is 4.79 Å². The van der Waals surface area contributed by atoms with E-state index in [2.05, 4.69) is 0 Å². The summed E-state index contributed by atoms with van der Waals surface area (Å²) in [4.78, 5) is 14.4. The summed E-state index contributed by atoms with van der Waals surface area (Å²) in [7, 11) is 0. The minimum Gasteiger partial charge on any atom is -0.388 e. The van der Waals surface area contributed by atoms with Gasteiger partial charge in [-0.2, -0.15) is 0 Å². The Labute approximate surface area is 113 Å². The predicted octanol–water partition coefficient (Wildman–Crippen LogP) is 0.623. The molecule has 2 unspecified atom stereocenters. The summed E-state index contributed by atoms with van der Waals surface area (Å²) in [6, 6.07) is 0. The van der Waals surface area contributed by atoms with Crippen LogP contribution in [0.3, 0.4) is 0 Å². The number of aliphatic hydroxyl groups is 2. The van der Waals surface area contributed by atoms with Crippen molar-refractivity contribution in [1.29, 1.82) is 0 Å². The van der Waals surface area contributed by atoms with Crippen LogP contribution in [0.2, 0.25) is 0 Å². The minimum absolute atomic E-state index is 0.185. The molecule has 1 heterocycles. The molecule has 106 valence electrons. The predicted molar refractivity (Wildman–Crippen MR) is 69.1 cm³/mol. The molecule has 0 aromatic carbocycles. The van der Waals surface area contributed by atoms with Crippen LogP contribution in [0.4, 0.5) is 0 Å². The molecule has 1 saturated heterocycles. The number of rotatable bonds is 1. The lowest BCUT2D eigenvalue weighted by atomic mass is 9.51. The van der Waals surface area contributed by atoms with Crippen LogP contribution in [0.25, 0.3) is 0 Å². The summed E-state index contributed by atoms with van der Waals surface area (Å²) in [5.41, 5.74) is 0. The molecule has 0 aromatic rings. The summed E-state index contributed by atoms with van der Waals surface area (Å²) < 4.78 is 0. The third kappa shape index (κ3) is 1.83. The van der Waals surface area contributed by atoms with Crippen LogP contribution < -0.4 is 0 Å². The summed E-state index contributed by atoms with van der Waals surface area (Å²) in [5.74, 6) is 3.31. The van der Waals surface area contributed by atoms with Crippen LogP contribution >= 0.6 is 0 Å². The van der Waals surface area contributed by atoms with E-state index in [1.165, 1.54) is 32.1 Å². The van der Waals surface area contributed by atoms with Crippen LogP contribution in [0.1, 0.15) is 32.1 Å². The van der Waals surface area contributed by atoms with Gasteiger partial charge in [-0.3, -0.25) is 4.79 Å². The smallest absolute Gasteiger partial charge is 0.226 e. The van der Waals surface area contributed by atoms with Crippen molar-refractivity contribution in [3.8, 4) is 0 Å². The first kappa shape index (κ1) is 12.2. The Morgan fingerprint density at radius 3 is 1.79 bits per heavy atom.